The van der Waals surface area contributed by atoms with Gasteiger partial charge in [0.2, 0.25) is 0 Å². The molecular weight excluding hydrogens is 302 g/mol. The zero-order valence-corrected chi connectivity index (χ0v) is 14.2. The second-order valence-electron chi connectivity index (χ2n) is 6.69. The van der Waals surface area contributed by atoms with Crippen molar-refractivity contribution in [3.8, 4) is 0 Å². The fourth-order valence-electron chi connectivity index (χ4n) is 3.54. The predicted octanol–water partition coefficient (Wildman–Crippen LogP) is 2.31. The molecule has 24 heavy (non-hydrogen) atoms. The molecule has 1 aliphatic rings. The van der Waals surface area contributed by atoms with Crippen molar-refractivity contribution in [3.63, 3.8) is 0 Å². The molecule has 1 atom stereocenters. The van der Waals surface area contributed by atoms with Crippen LogP contribution in [-0.4, -0.2) is 42.8 Å². The fourth-order valence-corrected chi connectivity index (χ4v) is 3.54. The number of hydrogen-bond acceptors (Lipinski definition) is 3. The van der Waals surface area contributed by atoms with E-state index in [9.17, 15) is 4.79 Å². The zero-order chi connectivity index (χ0) is 16.8. The van der Waals surface area contributed by atoms with Crippen LogP contribution in [0.4, 0.5) is 0 Å². The second-order valence-corrected chi connectivity index (χ2v) is 6.69. The van der Waals surface area contributed by atoms with Crippen LogP contribution in [0.2, 0.25) is 0 Å². The maximum Gasteiger partial charge on any atom is 0.274 e. The molecule has 0 saturated carbocycles. The number of carbonyl (C=O) groups excluding carboxylic acids is 1. The summed E-state index contributed by atoms with van der Waals surface area (Å²) in [5.74, 6) is 1.37. The molecule has 0 spiro atoms. The molecule has 0 aromatic carbocycles. The third kappa shape index (κ3) is 2.48. The van der Waals surface area contributed by atoms with Crippen LogP contribution in [0.5, 0.6) is 0 Å². The lowest BCUT2D eigenvalue weighted by Gasteiger charge is -2.15. The van der Waals surface area contributed by atoms with Crippen molar-refractivity contribution in [1.29, 1.82) is 0 Å². The Morgan fingerprint density at radius 1 is 1.17 bits per heavy atom. The molecule has 0 radical (unpaired) electrons. The van der Waals surface area contributed by atoms with Crippen LogP contribution >= 0.6 is 0 Å². The molecule has 0 aliphatic carbocycles. The molecule has 4 rings (SSSR count). The standard InChI is InChI=1S/C18H21N5O/c1-12-4-5-16-20-15(11-23(16)8-12)18(24)22-7-6-14(10-22)17-19-13(2)9-21(17)3/h4-5,8-9,11,14H,6-7,10H2,1-3H3/t14-/m1/s1. The molecule has 0 unspecified atom stereocenters. The van der Waals surface area contributed by atoms with Gasteiger partial charge in [0, 0.05) is 44.6 Å². The van der Waals surface area contributed by atoms with Crippen molar-refractivity contribution in [2.45, 2.75) is 26.2 Å². The second kappa shape index (κ2) is 5.47. The minimum Gasteiger partial charge on any atom is -0.337 e. The highest BCUT2D eigenvalue weighted by molar-refractivity contribution is 5.93. The van der Waals surface area contributed by atoms with Gasteiger partial charge in [0.1, 0.15) is 17.2 Å². The molecule has 1 saturated heterocycles. The van der Waals surface area contributed by atoms with E-state index in [1.165, 1.54) is 0 Å². The molecule has 6 nitrogen and oxygen atoms in total. The van der Waals surface area contributed by atoms with E-state index in [0.717, 1.165) is 35.7 Å². The van der Waals surface area contributed by atoms with Crippen LogP contribution in [-0.2, 0) is 7.05 Å². The smallest absolute Gasteiger partial charge is 0.274 e. The average molecular weight is 323 g/mol. The highest BCUT2D eigenvalue weighted by Crippen LogP contribution is 2.27. The molecule has 1 aliphatic heterocycles. The van der Waals surface area contributed by atoms with Crippen LogP contribution in [0.15, 0.2) is 30.7 Å². The van der Waals surface area contributed by atoms with Gasteiger partial charge in [0.05, 0.1) is 5.69 Å². The Labute approximate surface area is 140 Å². The van der Waals surface area contributed by atoms with E-state index in [2.05, 4.69) is 14.5 Å². The number of amides is 1. The normalized spacial score (nSPS) is 17.8. The molecular formula is C18H21N5O. The Bertz CT molecular complexity index is 923. The number of likely N-dealkylation sites (tertiary alicyclic amines) is 1. The van der Waals surface area contributed by atoms with Crippen molar-refractivity contribution < 1.29 is 4.79 Å². The van der Waals surface area contributed by atoms with E-state index >= 15 is 0 Å². The third-order valence-corrected chi connectivity index (χ3v) is 4.69. The number of aromatic nitrogens is 4. The highest BCUT2D eigenvalue weighted by Gasteiger charge is 2.31. The first-order valence-corrected chi connectivity index (χ1v) is 8.26. The molecule has 6 heteroatoms. The topological polar surface area (TPSA) is 55.4 Å². The minimum atomic E-state index is 0.00443. The lowest BCUT2D eigenvalue weighted by molar-refractivity contribution is 0.0785. The molecule has 0 N–H and O–H groups in total. The highest BCUT2D eigenvalue weighted by atomic mass is 16.2. The van der Waals surface area contributed by atoms with Crippen LogP contribution in [0, 0.1) is 13.8 Å². The van der Waals surface area contributed by atoms with Gasteiger partial charge >= 0.3 is 0 Å². The minimum absolute atomic E-state index is 0.00443. The van der Waals surface area contributed by atoms with Gasteiger partial charge in [-0.3, -0.25) is 4.79 Å². The van der Waals surface area contributed by atoms with Crippen LogP contribution in [0.3, 0.4) is 0 Å². The van der Waals surface area contributed by atoms with Crippen molar-refractivity contribution in [1.82, 2.24) is 23.8 Å². The summed E-state index contributed by atoms with van der Waals surface area (Å²) in [7, 11) is 2.02. The quantitative estimate of drug-likeness (QED) is 0.727. The summed E-state index contributed by atoms with van der Waals surface area (Å²) >= 11 is 0. The molecule has 3 aromatic heterocycles. The summed E-state index contributed by atoms with van der Waals surface area (Å²) in [5.41, 5.74) is 3.48. The van der Waals surface area contributed by atoms with Crippen LogP contribution < -0.4 is 0 Å². The first kappa shape index (κ1) is 14.9. The molecule has 0 bridgehead atoms. The number of nitrogens with zero attached hydrogens (tertiary/aromatic N) is 5. The van der Waals surface area contributed by atoms with Gasteiger partial charge in [-0.1, -0.05) is 6.07 Å². The largest absolute Gasteiger partial charge is 0.337 e. The summed E-state index contributed by atoms with van der Waals surface area (Å²) in [6.07, 6.45) is 6.79. The first-order valence-electron chi connectivity index (χ1n) is 8.26. The number of imidazole rings is 2. The Balaban J connectivity index is 1.55. The van der Waals surface area contributed by atoms with Crippen molar-refractivity contribution in [3.05, 3.63) is 53.5 Å². The molecule has 1 amide bonds. The van der Waals surface area contributed by atoms with Gasteiger partial charge in [-0.05, 0) is 31.9 Å². The van der Waals surface area contributed by atoms with E-state index in [4.69, 9.17) is 0 Å². The average Bonchev–Trinajstić information content (AvgIpc) is 3.24. The number of aryl methyl sites for hydroxylation is 3. The van der Waals surface area contributed by atoms with Crippen LogP contribution in [0.25, 0.3) is 5.65 Å². The SMILES string of the molecule is Cc1ccc2nc(C(=O)N3CC[C@@H](c4nc(C)cn4C)C3)cn2c1. The van der Waals surface area contributed by atoms with Gasteiger partial charge in [0.15, 0.2) is 0 Å². The molecule has 4 heterocycles. The molecule has 1 fully saturated rings. The Hall–Kier alpha value is -2.63. The number of pyridine rings is 1. The summed E-state index contributed by atoms with van der Waals surface area (Å²) in [4.78, 5) is 23.8. The predicted molar refractivity (Wildman–Crippen MR) is 91.1 cm³/mol. The summed E-state index contributed by atoms with van der Waals surface area (Å²) in [5, 5.41) is 0. The number of hydrogen-bond donors (Lipinski definition) is 0. The summed E-state index contributed by atoms with van der Waals surface area (Å²) in [6, 6.07) is 3.95. The van der Waals surface area contributed by atoms with Crippen LogP contribution in [0.1, 0.15) is 39.9 Å². The maximum absolute atomic E-state index is 12.8. The van der Waals surface area contributed by atoms with Gasteiger partial charge in [-0.25, -0.2) is 9.97 Å². The van der Waals surface area contributed by atoms with E-state index in [1.807, 2.05) is 60.9 Å². The van der Waals surface area contributed by atoms with Gasteiger partial charge in [-0.15, -0.1) is 0 Å². The third-order valence-electron chi connectivity index (χ3n) is 4.69. The molecule has 3 aromatic rings. The Morgan fingerprint density at radius 3 is 2.75 bits per heavy atom. The number of carbonyl (C=O) groups is 1. The first-order chi connectivity index (χ1) is 11.5. The van der Waals surface area contributed by atoms with Gasteiger partial charge < -0.3 is 13.9 Å². The lowest BCUT2D eigenvalue weighted by Crippen LogP contribution is -2.29. The lowest BCUT2D eigenvalue weighted by atomic mass is 10.1. The van der Waals surface area contributed by atoms with E-state index < -0.39 is 0 Å². The fraction of sp³-hybridized carbons (Fsp3) is 0.389. The summed E-state index contributed by atoms with van der Waals surface area (Å²) in [6.45, 7) is 5.49. The molecule has 124 valence electrons. The van der Waals surface area contributed by atoms with E-state index in [0.29, 0.717) is 18.2 Å². The van der Waals surface area contributed by atoms with Crippen molar-refractivity contribution >= 4 is 11.6 Å². The van der Waals surface area contributed by atoms with E-state index in [1.54, 1.807) is 0 Å². The number of rotatable bonds is 2. The van der Waals surface area contributed by atoms with Crippen molar-refractivity contribution in [2.24, 2.45) is 7.05 Å². The van der Waals surface area contributed by atoms with Gasteiger partial charge in [0.25, 0.3) is 5.91 Å². The van der Waals surface area contributed by atoms with Crippen molar-refractivity contribution in [2.75, 3.05) is 13.1 Å². The maximum atomic E-state index is 12.8. The monoisotopic (exact) mass is 323 g/mol. The summed E-state index contributed by atoms with van der Waals surface area (Å²) < 4.78 is 3.99. The van der Waals surface area contributed by atoms with E-state index in [-0.39, 0.29) is 5.91 Å². The zero-order valence-electron chi connectivity index (χ0n) is 14.2. The Kier molecular flexibility index (Phi) is 3.40. The van der Waals surface area contributed by atoms with Gasteiger partial charge in [-0.2, -0.15) is 0 Å². The Morgan fingerprint density at radius 2 is 2.00 bits per heavy atom. The number of fused-ring (bicyclic) bond motifs is 1.